The minimum Gasteiger partial charge on any atom is -0.479 e. The molecule has 0 aliphatic carbocycles. The largest absolute Gasteiger partial charge is 0.479 e. The van der Waals surface area contributed by atoms with Crippen molar-refractivity contribution in [1.82, 2.24) is 0 Å². The van der Waals surface area contributed by atoms with Gasteiger partial charge in [-0.25, -0.2) is 47.9 Å². The van der Waals surface area contributed by atoms with E-state index in [1.165, 1.54) is 0 Å². The highest BCUT2D eigenvalue weighted by Gasteiger charge is 2.63. The summed E-state index contributed by atoms with van der Waals surface area (Å²) < 4.78 is 47.3. The maximum absolute atomic E-state index is 10.7. The van der Waals surface area contributed by atoms with E-state index in [1.54, 1.807) is 0 Å². The van der Waals surface area contributed by atoms with Gasteiger partial charge >= 0.3 is 59.7 Å². The molecule has 10 saturated heterocycles. The highest BCUT2D eigenvalue weighted by atomic mass is 16.6. The number of aliphatic hydroxyl groups is 29. The van der Waals surface area contributed by atoms with Gasteiger partial charge in [-0.3, -0.25) is 22.9 Å². The van der Waals surface area contributed by atoms with Crippen LogP contribution < -0.4 is 57.3 Å². The van der Waals surface area contributed by atoms with Crippen molar-refractivity contribution >= 4 is 59.7 Å². The number of ether oxygens (including phenoxy) is 10. The Balaban J connectivity index is 0.000000745. The van der Waals surface area contributed by atoms with E-state index in [1.807, 2.05) is 0 Å². The molecule has 69 heteroatoms. The van der Waals surface area contributed by atoms with Crippen LogP contribution in [0.2, 0.25) is 0 Å². The van der Waals surface area contributed by atoms with Crippen molar-refractivity contribution in [3.63, 3.8) is 0 Å². The number of aliphatic hydroxyl groups excluding tert-OH is 29. The molecule has 784 valence electrons. The van der Waals surface area contributed by atoms with E-state index in [0.717, 1.165) is 0 Å². The molecular weight excluding hydrogens is 1860 g/mol. The summed E-state index contributed by atoms with van der Waals surface area (Å²) in [6.45, 7) is -5.70. The Hall–Kier alpha value is -7.26. The molecule has 134 heavy (non-hydrogen) atoms. The standard InChI is InChI=1S/4C7H13NO7.C7H13NO6.5C6H11NO5/c3*8-7(6(13)14)5(12)3(11)4(15-7)2(10)1-9;8-7(6(13)14)5(12)4(11)3(10)2(1-9)15-7;8-3-5(11)4(10)2(1-9)14-6(3)7(12)13;5*7-3-4(9)2(1-8)12-5(3)6(10)11/h4*2-5,9-12H,1,8H2,(H,13,14);2-6,9-11H,1,8H2,(H,12,13);5*2-5,8-9H,1,7H2,(H,10,11)/t2-,3-,4+,5+,7+;2-,3-,4+,5-,7+;2-,3-,4-,5-,7+;2?,3-,4+,5?,7-;2?,3?,4-,5-,6-;2-,3+,4+,5+;2-,3+,4-,5+;2-,3-,4+,5+;2-,3-,4-,5+;2-,3-,4-,5-/m0001111110/s1. The summed E-state index contributed by atoms with van der Waals surface area (Å²) in [4.78, 5) is 105. The van der Waals surface area contributed by atoms with Gasteiger partial charge in [0.15, 0.2) is 36.6 Å². The Kier molecular flexibility index (Phi) is 50.6. The van der Waals surface area contributed by atoms with Crippen molar-refractivity contribution in [2.75, 3.05) is 66.1 Å². The van der Waals surface area contributed by atoms with E-state index in [0.29, 0.717) is 0 Å². The van der Waals surface area contributed by atoms with Gasteiger partial charge in [-0.15, -0.1) is 0 Å². The Morgan fingerprint density at radius 2 is 0.373 bits per heavy atom. The van der Waals surface area contributed by atoms with Crippen LogP contribution in [-0.2, 0) is 95.3 Å². The molecule has 0 spiro atoms. The lowest BCUT2D eigenvalue weighted by molar-refractivity contribution is -0.271. The van der Waals surface area contributed by atoms with Crippen molar-refractivity contribution in [3.05, 3.63) is 0 Å². The molecule has 45 atom stereocenters. The summed E-state index contributed by atoms with van der Waals surface area (Å²) in [6, 6.07) is -6.07. The third-order valence-electron chi connectivity index (χ3n) is 20.9. The summed E-state index contributed by atoms with van der Waals surface area (Å²) in [5.41, 5.74) is 42.8. The number of carbonyl (C=O) groups is 10. The molecule has 4 unspecified atom stereocenters. The third kappa shape index (κ3) is 29.9. The zero-order chi connectivity index (χ0) is 105. The van der Waals surface area contributed by atoms with Gasteiger partial charge < -0.3 is 281 Å². The summed E-state index contributed by atoms with van der Waals surface area (Å²) in [5.74, 6) is -14.1. The minimum atomic E-state index is -2.54. The van der Waals surface area contributed by atoms with E-state index in [9.17, 15) is 130 Å². The molecule has 0 saturated carbocycles. The molecule has 0 aromatic heterocycles. The third-order valence-corrected chi connectivity index (χ3v) is 20.9. The quantitative estimate of drug-likeness (QED) is 0.0452. The van der Waals surface area contributed by atoms with Crippen molar-refractivity contribution in [2.24, 2.45) is 57.3 Å². The number of hydrogen-bond donors (Lipinski definition) is 49. The average Bonchev–Trinajstić information content (AvgIpc) is 1.31. The zero-order valence-corrected chi connectivity index (χ0v) is 69.1. The number of hydrogen-bond acceptors (Lipinski definition) is 59. The Morgan fingerprint density at radius 1 is 0.224 bits per heavy atom. The second kappa shape index (κ2) is 54.3. The maximum atomic E-state index is 10.7. The molecule has 0 radical (unpaired) electrons. The number of nitrogens with two attached hydrogens (primary N) is 10. The number of rotatable bonds is 23. The predicted octanol–water partition coefficient (Wildman–Crippen LogP) is -30.7. The monoisotopic (exact) mass is 1980 g/mol. The van der Waals surface area contributed by atoms with E-state index >= 15 is 0 Å². The fourth-order valence-electron chi connectivity index (χ4n) is 12.7. The Morgan fingerprint density at radius 3 is 0.507 bits per heavy atom. The summed E-state index contributed by atoms with van der Waals surface area (Å²) in [6.07, 6.45) is -47.7. The Labute approximate surface area is 748 Å². The summed E-state index contributed by atoms with van der Waals surface area (Å²) in [7, 11) is 0. The molecule has 0 amide bonds. The molecule has 0 aromatic rings. The van der Waals surface area contributed by atoms with Crippen molar-refractivity contribution < 1.29 is 294 Å². The molecule has 69 nitrogen and oxygen atoms in total. The fraction of sp³-hybridized carbons (Fsp3) is 0.846. The van der Waals surface area contributed by atoms with E-state index in [4.69, 9.17) is 203 Å². The molecule has 59 N–H and O–H groups in total. The van der Waals surface area contributed by atoms with Crippen LogP contribution >= 0.6 is 0 Å². The van der Waals surface area contributed by atoms with E-state index < -0.39 is 399 Å². The molecule has 10 aliphatic heterocycles. The van der Waals surface area contributed by atoms with Gasteiger partial charge in [0, 0.05) is 0 Å². The fourth-order valence-corrected chi connectivity index (χ4v) is 12.7. The molecular formula is C65H120N10O59. The van der Waals surface area contributed by atoms with Crippen molar-refractivity contribution in [1.29, 1.82) is 0 Å². The lowest BCUT2D eigenvalue weighted by Crippen LogP contribution is -2.72. The van der Waals surface area contributed by atoms with E-state index in [-0.39, 0.29) is 0 Å². The van der Waals surface area contributed by atoms with Crippen LogP contribution in [-0.4, -0.2) is 598 Å². The van der Waals surface area contributed by atoms with Gasteiger partial charge in [-0.2, -0.15) is 0 Å². The molecule has 10 fully saturated rings. The van der Waals surface area contributed by atoms with Crippen LogP contribution in [0, 0.1) is 0 Å². The highest BCUT2D eigenvalue weighted by molar-refractivity contribution is 5.80. The minimum absolute atomic E-state index is 0.432. The average molecular weight is 1990 g/mol. The first kappa shape index (κ1) is 125. The first-order valence-electron chi connectivity index (χ1n) is 38.4. The maximum Gasteiger partial charge on any atom is 0.354 e. The Bertz CT molecular complexity index is 3330. The van der Waals surface area contributed by atoms with Gasteiger partial charge in [0.25, 0.3) is 0 Å². The van der Waals surface area contributed by atoms with Crippen molar-refractivity contribution in [3.8, 4) is 0 Å². The SMILES string of the molecule is NC1[C@@H](O)[C@H](O)C(CO)O[C@H]1C(=O)O.N[C@@H]1[C@@H](O)[C@@H](CO)O[C@@H]1C(=O)O.N[C@@H]1[C@H](O)[C@@H](CO)O[C@@H]1C(=O)O.N[C@@]1(C(=O)O)OC(CO)[C@@H](O)[C@H](O)C1O.N[C@@]1(C(=O)O)O[C@@H]([C@@H](O)CO)[C@H](O)[C@@H]1O.N[C@@]1(C(=O)O)O[C@H]([C@@H](O)CO)[C@H](O)[C@@H]1O.N[C@@]1(C(=O)O)O[C@H]([C@@H](O)CO)[C@H](O)[C@H]1O.N[C@H]1[C@@H](O)[C@@H](CO)O[C@@H]1C(=O)O.N[C@H]1[C@@H](O)[C@H](CO)O[C@@H]1C(=O)O.N[C@H]1[C@H](O)[C@@H](CO)O[C@@H]1C(=O)O. The lowest BCUT2D eigenvalue weighted by Gasteiger charge is -2.43. The number of aliphatic carboxylic acids is 10. The van der Waals surface area contributed by atoms with Gasteiger partial charge in [-0.1, -0.05) is 0 Å². The molecule has 0 aromatic carbocycles. The summed E-state index contributed by atoms with van der Waals surface area (Å²) in [5, 5.41) is 348. The van der Waals surface area contributed by atoms with Gasteiger partial charge in [0.1, 0.15) is 177 Å². The first-order chi connectivity index (χ1) is 61.7. The molecule has 0 bridgehead atoms. The predicted molar refractivity (Wildman–Crippen MR) is 408 cm³/mol. The first-order valence-corrected chi connectivity index (χ1v) is 38.4. The number of carboxylic acids is 10. The van der Waals surface area contributed by atoms with Gasteiger partial charge in [0.05, 0.1) is 102 Å². The zero-order valence-electron chi connectivity index (χ0n) is 69.1. The highest BCUT2D eigenvalue weighted by Crippen LogP contribution is 2.34. The van der Waals surface area contributed by atoms with Crippen LogP contribution in [0.1, 0.15) is 0 Å². The second-order valence-electron chi connectivity index (χ2n) is 30.1. The van der Waals surface area contributed by atoms with Gasteiger partial charge in [-0.05, 0) is 0 Å². The summed E-state index contributed by atoms with van der Waals surface area (Å²) >= 11 is 0. The molecule has 10 heterocycles. The number of carboxylic acid groups (broad SMARTS) is 10. The smallest absolute Gasteiger partial charge is 0.354 e. The topological polar surface area (TPSA) is 1310 Å². The van der Waals surface area contributed by atoms with Crippen LogP contribution in [0.15, 0.2) is 0 Å². The van der Waals surface area contributed by atoms with Crippen molar-refractivity contribution in [2.45, 2.75) is 273 Å². The van der Waals surface area contributed by atoms with Gasteiger partial charge in [0.2, 0.25) is 22.9 Å². The van der Waals surface area contributed by atoms with Crippen LogP contribution in [0.4, 0.5) is 0 Å². The normalized spacial score (nSPS) is 42.8. The second-order valence-corrected chi connectivity index (χ2v) is 30.1. The molecule has 10 aliphatic rings. The van der Waals surface area contributed by atoms with Crippen LogP contribution in [0.25, 0.3) is 0 Å². The van der Waals surface area contributed by atoms with Crippen LogP contribution in [0.3, 0.4) is 0 Å². The van der Waals surface area contributed by atoms with E-state index in [2.05, 4.69) is 18.9 Å². The molecule has 10 rings (SSSR count). The lowest BCUT2D eigenvalue weighted by atomic mass is 9.91. The van der Waals surface area contributed by atoms with Crippen LogP contribution in [0.5, 0.6) is 0 Å².